The summed E-state index contributed by atoms with van der Waals surface area (Å²) in [7, 11) is 0. The third kappa shape index (κ3) is 4.65. The van der Waals surface area contributed by atoms with Crippen molar-refractivity contribution in [1.29, 1.82) is 0 Å². The zero-order valence-electron chi connectivity index (χ0n) is 15.2. The first-order valence-electron chi connectivity index (χ1n) is 8.51. The molecular weight excluding hydrogens is 318 g/mol. The Morgan fingerprint density at radius 2 is 2.08 bits per heavy atom. The fraction of sp³-hybridized carbons (Fsp3) is 0.444. The van der Waals surface area contributed by atoms with Gasteiger partial charge in [0.15, 0.2) is 0 Å². The quantitative estimate of drug-likeness (QED) is 0.568. The third-order valence-corrected chi connectivity index (χ3v) is 3.88. The van der Waals surface area contributed by atoms with Crippen LogP contribution in [0.25, 0.3) is 0 Å². The van der Waals surface area contributed by atoms with Gasteiger partial charge in [-0.1, -0.05) is 26.0 Å². The fourth-order valence-corrected chi connectivity index (χ4v) is 2.59. The van der Waals surface area contributed by atoms with Crippen LogP contribution in [0.2, 0.25) is 0 Å². The molecule has 0 saturated carbocycles. The summed E-state index contributed by atoms with van der Waals surface area (Å²) in [4.78, 5) is 21.4. The summed E-state index contributed by atoms with van der Waals surface area (Å²) in [6.45, 7) is 9.35. The average Bonchev–Trinajstić information content (AvgIpc) is 2.55. The van der Waals surface area contributed by atoms with Crippen molar-refractivity contribution in [3.8, 4) is 0 Å². The molecule has 0 atom stereocenters. The summed E-state index contributed by atoms with van der Waals surface area (Å²) in [6, 6.07) is 7.84. The minimum Gasteiger partial charge on any atom is -0.364 e. The van der Waals surface area contributed by atoms with Gasteiger partial charge in [0.25, 0.3) is 0 Å². The van der Waals surface area contributed by atoms with E-state index in [4.69, 9.17) is 0 Å². The van der Waals surface area contributed by atoms with Crippen LogP contribution in [0.3, 0.4) is 0 Å². The largest absolute Gasteiger partial charge is 0.364 e. The number of nitro groups is 1. The van der Waals surface area contributed by atoms with Crippen LogP contribution in [0.15, 0.2) is 30.6 Å². The molecule has 7 nitrogen and oxygen atoms in total. The fourth-order valence-electron chi connectivity index (χ4n) is 2.59. The first-order chi connectivity index (χ1) is 11.9. The van der Waals surface area contributed by atoms with Gasteiger partial charge >= 0.3 is 5.69 Å². The zero-order chi connectivity index (χ0) is 18.4. The van der Waals surface area contributed by atoms with Crippen LogP contribution >= 0.6 is 0 Å². The lowest BCUT2D eigenvalue weighted by molar-refractivity contribution is -0.383. The van der Waals surface area contributed by atoms with Gasteiger partial charge in [-0.2, -0.15) is 0 Å². The van der Waals surface area contributed by atoms with Gasteiger partial charge in [-0.3, -0.25) is 10.1 Å². The van der Waals surface area contributed by atoms with E-state index in [-0.39, 0.29) is 11.5 Å². The Balaban J connectivity index is 2.43. The smallest absolute Gasteiger partial charge is 0.353 e. The Morgan fingerprint density at radius 1 is 1.32 bits per heavy atom. The van der Waals surface area contributed by atoms with Crippen molar-refractivity contribution in [2.24, 2.45) is 5.92 Å². The van der Waals surface area contributed by atoms with Crippen molar-refractivity contribution in [2.45, 2.75) is 34.1 Å². The lowest BCUT2D eigenvalue weighted by Gasteiger charge is -2.22. The predicted octanol–water partition coefficient (Wildman–Crippen LogP) is 4.31. The van der Waals surface area contributed by atoms with Gasteiger partial charge in [0.1, 0.15) is 6.33 Å². The van der Waals surface area contributed by atoms with E-state index in [9.17, 15) is 10.1 Å². The summed E-state index contributed by atoms with van der Waals surface area (Å²) in [5.74, 6) is 1.08. The standard InChI is InChI=1S/C18H25N5O2/c1-5-22(15-8-6-7-14(4)11-15)18-16(23(24)25)17(20-12-21-18)19-10-9-13(2)3/h6-8,11-13H,5,9-10H2,1-4H3,(H,19,20,21). The number of nitrogens with zero attached hydrogens (tertiary/aromatic N) is 4. The molecule has 1 heterocycles. The van der Waals surface area contributed by atoms with Gasteiger partial charge in [0.05, 0.1) is 4.92 Å². The maximum absolute atomic E-state index is 11.7. The van der Waals surface area contributed by atoms with E-state index in [1.807, 2.05) is 43.0 Å². The summed E-state index contributed by atoms with van der Waals surface area (Å²) < 4.78 is 0. The molecule has 1 aromatic heterocycles. The van der Waals surface area contributed by atoms with Crippen molar-refractivity contribution < 1.29 is 4.92 Å². The average molecular weight is 343 g/mol. The van der Waals surface area contributed by atoms with E-state index >= 15 is 0 Å². The van der Waals surface area contributed by atoms with Crippen molar-refractivity contribution in [2.75, 3.05) is 23.3 Å². The van der Waals surface area contributed by atoms with Gasteiger partial charge in [-0.15, -0.1) is 0 Å². The van der Waals surface area contributed by atoms with Gasteiger partial charge in [-0.05, 0) is 43.9 Å². The lowest BCUT2D eigenvalue weighted by Crippen LogP contribution is -2.20. The molecule has 7 heteroatoms. The van der Waals surface area contributed by atoms with Crippen molar-refractivity contribution in [3.63, 3.8) is 0 Å². The number of anilines is 3. The zero-order valence-corrected chi connectivity index (χ0v) is 15.2. The SMILES string of the molecule is CCN(c1cccc(C)c1)c1ncnc(NCCC(C)C)c1[N+](=O)[O-]. The van der Waals surface area contributed by atoms with Crippen LogP contribution in [-0.2, 0) is 0 Å². The maximum Gasteiger partial charge on any atom is 0.353 e. The summed E-state index contributed by atoms with van der Waals surface area (Å²) in [5, 5.41) is 14.8. The van der Waals surface area contributed by atoms with Crippen molar-refractivity contribution in [1.82, 2.24) is 9.97 Å². The monoisotopic (exact) mass is 343 g/mol. The molecule has 0 amide bonds. The van der Waals surface area contributed by atoms with E-state index in [2.05, 4.69) is 29.1 Å². The number of hydrogen-bond donors (Lipinski definition) is 1. The number of aryl methyl sites for hydroxylation is 1. The van der Waals surface area contributed by atoms with E-state index in [1.165, 1.54) is 6.33 Å². The highest BCUT2D eigenvalue weighted by molar-refractivity contribution is 5.75. The summed E-state index contributed by atoms with van der Waals surface area (Å²) in [6.07, 6.45) is 2.28. The lowest BCUT2D eigenvalue weighted by atomic mass is 10.1. The molecule has 0 unspecified atom stereocenters. The number of benzene rings is 1. The molecule has 1 N–H and O–H groups in total. The van der Waals surface area contributed by atoms with Crippen molar-refractivity contribution in [3.05, 3.63) is 46.3 Å². The van der Waals surface area contributed by atoms with Gasteiger partial charge in [-0.25, -0.2) is 9.97 Å². The third-order valence-electron chi connectivity index (χ3n) is 3.88. The molecule has 2 rings (SSSR count). The molecule has 134 valence electrons. The molecule has 0 radical (unpaired) electrons. The Bertz CT molecular complexity index is 733. The molecule has 1 aromatic carbocycles. The summed E-state index contributed by atoms with van der Waals surface area (Å²) in [5.41, 5.74) is 1.87. The molecule has 2 aromatic rings. The van der Waals surface area contributed by atoms with Gasteiger partial charge < -0.3 is 10.2 Å². The maximum atomic E-state index is 11.7. The highest BCUT2D eigenvalue weighted by atomic mass is 16.6. The number of rotatable bonds is 8. The Morgan fingerprint density at radius 3 is 2.68 bits per heavy atom. The minimum absolute atomic E-state index is 0.0883. The van der Waals surface area contributed by atoms with Gasteiger partial charge in [0.2, 0.25) is 11.6 Å². The Hall–Kier alpha value is -2.70. The molecule has 0 spiro atoms. The van der Waals surface area contributed by atoms with E-state index in [1.54, 1.807) is 0 Å². The number of hydrogen-bond acceptors (Lipinski definition) is 6. The first-order valence-corrected chi connectivity index (χ1v) is 8.51. The van der Waals surface area contributed by atoms with E-state index in [0.29, 0.717) is 24.8 Å². The molecule has 0 aliphatic carbocycles. The minimum atomic E-state index is -0.411. The molecule has 25 heavy (non-hydrogen) atoms. The van der Waals surface area contributed by atoms with E-state index < -0.39 is 4.92 Å². The van der Waals surface area contributed by atoms with E-state index in [0.717, 1.165) is 17.7 Å². The molecule has 0 fully saturated rings. The second kappa shape index (κ2) is 8.41. The normalized spacial score (nSPS) is 10.8. The van der Waals surface area contributed by atoms with Crippen LogP contribution in [0.4, 0.5) is 23.0 Å². The van der Waals surface area contributed by atoms with Crippen molar-refractivity contribution >= 4 is 23.0 Å². The van der Waals surface area contributed by atoms with Crippen LogP contribution in [0, 0.1) is 23.0 Å². The Labute approximate surface area is 148 Å². The van der Waals surface area contributed by atoms with Crippen LogP contribution in [0.1, 0.15) is 32.8 Å². The van der Waals surface area contributed by atoms with Gasteiger partial charge in [0, 0.05) is 18.8 Å². The molecule has 0 aliphatic heterocycles. The van der Waals surface area contributed by atoms with Crippen LogP contribution in [-0.4, -0.2) is 28.0 Å². The Kier molecular flexibility index (Phi) is 6.27. The molecular formula is C18H25N5O2. The second-order valence-corrected chi connectivity index (χ2v) is 6.34. The second-order valence-electron chi connectivity index (χ2n) is 6.34. The number of aromatic nitrogens is 2. The highest BCUT2D eigenvalue weighted by Crippen LogP contribution is 2.35. The molecule has 0 aliphatic rings. The topological polar surface area (TPSA) is 84.2 Å². The number of nitrogens with one attached hydrogen (secondary N) is 1. The highest BCUT2D eigenvalue weighted by Gasteiger charge is 2.27. The predicted molar refractivity (Wildman–Crippen MR) is 100 cm³/mol. The molecule has 0 bridgehead atoms. The van der Waals surface area contributed by atoms with Crippen LogP contribution < -0.4 is 10.2 Å². The molecule has 0 saturated heterocycles. The first kappa shape index (κ1) is 18.6. The van der Waals surface area contributed by atoms with Crippen LogP contribution in [0.5, 0.6) is 0 Å². The summed E-state index contributed by atoms with van der Waals surface area (Å²) >= 11 is 0.